The van der Waals surface area contributed by atoms with Gasteiger partial charge in [0.15, 0.2) is 0 Å². The average Bonchev–Trinajstić information content (AvgIpc) is 2.83. The Morgan fingerprint density at radius 2 is 2.26 bits per heavy atom. The number of carbonyl (C=O) groups is 2. The van der Waals surface area contributed by atoms with Crippen molar-refractivity contribution < 1.29 is 19.6 Å². The van der Waals surface area contributed by atoms with Crippen LogP contribution in [0.15, 0.2) is 12.3 Å². The molecule has 0 radical (unpaired) electrons. The van der Waals surface area contributed by atoms with E-state index in [0.29, 0.717) is 19.4 Å². The van der Waals surface area contributed by atoms with Gasteiger partial charge in [0, 0.05) is 12.6 Å². The van der Waals surface area contributed by atoms with Gasteiger partial charge in [-0.15, -0.1) is 0 Å². The maximum absolute atomic E-state index is 11.6. The number of aromatic nitrogens is 1. The van der Waals surface area contributed by atoms with Crippen molar-refractivity contribution in [3.8, 4) is 0 Å². The van der Waals surface area contributed by atoms with Gasteiger partial charge in [-0.25, -0.2) is 0 Å². The summed E-state index contributed by atoms with van der Waals surface area (Å²) >= 11 is 0. The number of H-pyrrole nitrogens is 1. The molecule has 8 heteroatoms. The lowest BCUT2D eigenvalue weighted by molar-refractivity contribution is -0.384. The SMILES string of the molecule is CC(CCCNC(=O)c1cc([N+](=O)[O-])c[nH]1)C(=O)O. The van der Waals surface area contributed by atoms with Gasteiger partial charge in [-0.2, -0.15) is 0 Å². The highest BCUT2D eigenvalue weighted by Crippen LogP contribution is 2.12. The van der Waals surface area contributed by atoms with E-state index in [2.05, 4.69) is 10.3 Å². The first-order valence-corrected chi connectivity index (χ1v) is 5.75. The van der Waals surface area contributed by atoms with Gasteiger partial charge in [0.1, 0.15) is 5.69 Å². The predicted octanol–water partition coefficient (Wildman–Crippen LogP) is 1.15. The highest BCUT2D eigenvalue weighted by atomic mass is 16.6. The van der Waals surface area contributed by atoms with E-state index in [1.807, 2.05) is 0 Å². The van der Waals surface area contributed by atoms with Gasteiger partial charge < -0.3 is 15.4 Å². The van der Waals surface area contributed by atoms with Crippen LogP contribution in [0.3, 0.4) is 0 Å². The summed E-state index contributed by atoms with van der Waals surface area (Å²) in [6.07, 6.45) is 2.13. The Labute approximate surface area is 109 Å². The number of carbonyl (C=O) groups excluding carboxylic acids is 1. The molecule has 0 spiro atoms. The van der Waals surface area contributed by atoms with Crippen molar-refractivity contribution in [2.24, 2.45) is 5.92 Å². The Balaban J connectivity index is 2.35. The van der Waals surface area contributed by atoms with E-state index in [-0.39, 0.29) is 11.4 Å². The molecular formula is C11H15N3O5. The molecule has 0 aliphatic rings. The molecule has 0 saturated carbocycles. The Morgan fingerprint density at radius 3 is 2.79 bits per heavy atom. The standard InChI is InChI=1S/C11H15N3O5/c1-7(11(16)17)3-2-4-12-10(15)9-5-8(6-13-9)14(18)19/h5-7,13H,2-4H2,1H3,(H,12,15)(H,16,17). The van der Waals surface area contributed by atoms with E-state index >= 15 is 0 Å². The van der Waals surface area contributed by atoms with Crippen LogP contribution in [0.5, 0.6) is 0 Å². The van der Waals surface area contributed by atoms with E-state index in [1.165, 1.54) is 0 Å². The third-order valence-electron chi connectivity index (χ3n) is 2.64. The van der Waals surface area contributed by atoms with E-state index in [9.17, 15) is 19.7 Å². The largest absolute Gasteiger partial charge is 0.481 e. The molecule has 1 rings (SSSR count). The molecule has 1 heterocycles. The van der Waals surface area contributed by atoms with Crippen molar-refractivity contribution in [2.45, 2.75) is 19.8 Å². The van der Waals surface area contributed by atoms with Crippen molar-refractivity contribution >= 4 is 17.6 Å². The lowest BCUT2D eigenvalue weighted by atomic mass is 10.1. The number of nitro groups is 1. The first kappa shape index (κ1) is 14.7. The number of aromatic amines is 1. The van der Waals surface area contributed by atoms with Crippen LogP contribution < -0.4 is 5.32 Å². The molecule has 0 aromatic carbocycles. The maximum atomic E-state index is 11.6. The summed E-state index contributed by atoms with van der Waals surface area (Å²) in [6, 6.07) is 1.15. The number of amides is 1. The van der Waals surface area contributed by atoms with Crippen LogP contribution in [0.2, 0.25) is 0 Å². The van der Waals surface area contributed by atoms with Crippen LogP contribution in [-0.2, 0) is 4.79 Å². The molecule has 0 aliphatic heterocycles. The van der Waals surface area contributed by atoms with Gasteiger partial charge >= 0.3 is 5.97 Å². The summed E-state index contributed by atoms with van der Waals surface area (Å²) in [4.78, 5) is 34.5. The highest BCUT2D eigenvalue weighted by Gasteiger charge is 2.14. The predicted molar refractivity (Wildman–Crippen MR) is 65.8 cm³/mol. The molecule has 104 valence electrons. The number of nitrogens with one attached hydrogen (secondary N) is 2. The summed E-state index contributed by atoms with van der Waals surface area (Å²) in [5.74, 6) is -1.77. The van der Waals surface area contributed by atoms with Gasteiger partial charge in [0.2, 0.25) is 0 Å². The zero-order valence-electron chi connectivity index (χ0n) is 10.4. The van der Waals surface area contributed by atoms with Crippen LogP contribution in [0.25, 0.3) is 0 Å². The van der Waals surface area contributed by atoms with Gasteiger partial charge in [0.05, 0.1) is 17.0 Å². The van der Waals surface area contributed by atoms with E-state index in [4.69, 9.17) is 5.11 Å². The summed E-state index contributed by atoms with van der Waals surface area (Å²) in [5, 5.41) is 21.7. The van der Waals surface area contributed by atoms with E-state index in [1.54, 1.807) is 6.92 Å². The summed E-state index contributed by atoms with van der Waals surface area (Å²) in [5.41, 5.74) is -0.0670. The zero-order valence-corrected chi connectivity index (χ0v) is 10.4. The normalized spacial score (nSPS) is 11.8. The number of carboxylic acids is 1. The van der Waals surface area contributed by atoms with Crippen molar-refractivity contribution in [2.75, 3.05) is 6.54 Å². The maximum Gasteiger partial charge on any atom is 0.306 e. The molecule has 1 unspecified atom stereocenters. The topological polar surface area (TPSA) is 125 Å². The second kappa shape index (κ2) is 6.53. The quantitative estimate of drug-likeness (QED) is 0.389. The van der Waals surface area contributed by atoms with Crippen molar-refractivity contribution in [3.63, 3.8) is 0 Å². The molecule has 3 N–H and O–H groups in total. The molecule has 1 aromatic rings. The molecule has 1 atom stereocenters. The first-order chi connectivity index (χ1) is 8.91. The molecule has 0 saturated heterocycles. The van der Waals surface area contributed by atoms with E-state index < -0.39 is 22.7 Å². The second-order valence-electron chi connectivity index (χ2n) is 4.17. The number of aliphatic carboxylic acids is 1. The molecule has 1 aromatic heterocycles. The fourth-order valence-electron chi connectivity index (χ4n) is 1.45. The summed E-state index contributed by atoms with van der Waals surface area (Å²) in [7, 11) is 0. The molecule has 0 bridgehead atoms. The Bertz CT molecular complexity index is 482. The Morgan fingerprint density at radius 1 is 1.58 bits per heavy atom. The van der Waals surface area contributed by atoms with Gasteiger partial charge in [-0.05, 0) is 12.8 Å². The van der Waals surface area contributed by atoms with Crippen LogP contribution in [0.4, 0.5) is 5.69 Å². The lowest BCUT2D eigenvalue weighted by Crippen LogP contribution is -2.25. The van der Waals surface area contributed by atoms with Crippen LogP contribution in [-0.4, -0.2) is 33.4 Å². The Hall–Kier alpha value is -2.38. The summed E-state index contributed by atoms with van der Waals surface area (Å²) < 4.78 is 0. The molecule has 8 nitrogen and oxygen atoms in total. The van der Waals surface area contributed by atoms with Crippen molar-refractivity contribution in [3.05, 3.63) is 28.1 Å². The number of nitrogens with zero attached hydrogens (tertiary/aromatic N) is 1. The molecule has 0 aliphatic carbocycles. The monoisotopic (exact) mass is 269 g/mol. The first-order valence-electron chi connectivity index (χ1n) is 5.75. The number of hydrogen-bond donors (Lipinski definition) is 3. The van der Waals surface area contributed by atoms with Gasteiger partial charge in [-0.1, -0.05) is 6.92 Å². The number of rotatable bonds is 7. The highest BCUT2D eigenvalue weighted by molar-refractivity contribution is 5.93. The lowest BCUT2D eigenvalue weighted by Gasteiger charge is -2.06. The molecule has 1 amide bonds. The van der Waals surface area contributed by atoms with Crippen LogP contribution in [0.1, 0.15) is 30.3 Å². The minimum atomic E-state index is -0.869. The average molecular weight is 269 g/mol. The molecular weight excluding hydrogens is 254 g/mol. The zero-order chi connectivity index (χ0) is 14.4. The van der Waals surface area contributed by atoms with Gasteiger partial charge in [-0.3, -0.25) is 19.7 Å². The molecule has 0 fully saturated rings. The fraction of sp³-hybridized carbons (Fsp3) is 0.455. The fourth-order valence-corrected chi connectivity index (χ4v) is 1.45. The van der Waals surface area contributed by atoms with Crippen molar-refractivity contribution in [1.29, 1.82) is 0 Å². The Kier molecular flexibility index (Phi) is 5.04. The third-order valence-corrected chi connectivity index (χ3v) is 2.64. The van der Waals surface area contributed by atoms with Crippen LogP contribution in [0, 0.1) is 16.0 Å². The number of hydrogen-bond acceptors (Lipinski definition) is 4. The van der Waals surface area contributed by atoms with E-state index in [0.717, 1.165) is 12.3 Å². The van der Waals surface area contributed by atoms with Crippen molar-refractivity contribution in [1.82, 2.24) is 10.3 Å². The molecule has 19 heavy (non-hydrogen) atoms. The van der Waals surface area contributed by atoms with Gasteiger partial charge in [0.25, 0.3) is 11.6 Å². The second-order valence-corrected chi connectivity index (χ2v) is 4.17. The minimum absolute atomic E-state index is 0.109. The van der Waals surface area contributed by atoms with Crippen LogP contribution >= 0.6 is 0 Å². The number of carboxylic acid groups (broad SMARTS) is 1. The summed E-state index contributed by atoms with van der Waals surface area (Å²) in [6.45, 7) is 1.92. The smallest absolute Gasteiger partial charge is 0.306 e. The minimum Gasteiger partial charge on any atom is -0.481 e. The third kappa shape index (κ3) is 4.41.